The highest BCUT2D eigenvalue weighted by Crippen LogP contribution is 2.31. The van der Waals surface area contributed by atoms with E-state index in [1.807, 2.05) is 25.1 Å². The van der Waals surface area contributed by atoms with Crippen LogP contribution in [0.5, 0.6) is 11.5 Å². The van der Waals surface area contributed by atoms with Crippen molar-refractivity contribution in [2.45, 2.75) is 13.3 Å². The van der Waals surface area contributed by atoms with Crippen molar-refractivity contribution in [2.75, 3.05) is 26.9 Å². The Kier molecular flexibility index (Phi) is 6.63. The summed E-state index contributed by atoms with van der Waals surface area (Å²) in [4.78, 5) is 12.2. The SMILES string of the molecule is CCCOCCNC(=O)c1cccc(-c2ccc(O)c(OC)c2)c1. The Balaban J connectivity index is 2.07. The van der Waals surface area contributed by atoms with Gasteiger partial charge in [-0.05, 0) is 41.8 Å². The number of phenols is 1. The predicted octanol–water partition coefficient (Wildman–Crippen LogP) is 3.22. The molecular formula is C19H23NO4. The van der Waals surface area contributed by atoms with E-state index >= 15 is 0 Å². The number of nitrogens with one attached hydrogen (secondary N) is 1. The molecule has 0 unspecified atom stereocenters. The molecule has 0 fully saturated rings. The van der Waals surface area contributed by atoms with Crippen molar-refractivity contribution in [3.8, 4) is 22.6 Å². The topological polar surface area (TPSA) is 67.8 Å². The lowest BCUT2D eigenvalue weighted by atomic mass is 10.0. The molecule has 0 aliphatic heterocycles. The molecule has 24 heavy (non-hydrogen) atoms. The molecule has 1 amide bonds. The third kappa shape index (κ3) is 4.73. The number of rotatable bonds is 8. The van der Waals surface area contributed by atoms with E-state index in [2.05, 4.69) is 5.32 Å². The fourth-order valence-corrected chi connectivity index (χ4v) is 2.28. The van der Waals surface area contributed by atoms with Crippen LogP contribution in [-0.2, 0) is 4.74 Å². The maximum atomic E-state index is 12.2. The number of benzene rings is 2. The second-order valence-corrected chi connectivity index (χ2v) is 5.34. The Hall–Kier alpha value is -2.53. The van der Waals surface area contributed by atoms with Gasteiger partial charge in [0.25, 0.3) is 5.91 Å². The molecule has 0 aliphatic rings. The molecule has 0 saturated carbocycles. The van der Waals surface area contributed by atoms with Gasteiger partial charge in [0.1, 0.15) is 0 Å². The van der Waals surface area contributed by atoms with Gasteiger partial charge < -0.3 is 19.9 Å². The minimum atomic E-state index is -0.136. The number of aromatic hydroxyl groups is 1. The Bertz CT molecular complexity index is 685. The first-order valence-corrected chi connectivity index (χ1v) is 7.99. The second-order valence-electron chi connectivity index (χ2n) is 5.34. The molecule has 0 radical (unpaired) electrons. The van der Waals surface area contributed by atoms with Crippen LogP contribution >= 0.6 is 0 Å². The lowest BCUT2D eigenvalue weighted by Gasteiger charge is -2.09. The van der Waals surface area contributed by atoms with Gasteiger partial charge in [0.05, 0.1) is 13.7 Å². The second kappa shape index (κ2) is 8.93. The first kappa shape index (κ1) is 17.8. The standard InChI is InChI=1S/C19H23NO4/c1-3-10-24-11-9-20-19(22)16-6-4-5-14(12-16)15-7-8-17(21)18(13-15)23-2/h4-8,12-13,21H,3,9-11H2,1-2H3,(H,20,22). The molecule has 0 heterocycles. The summed E-state index contributed by atoms with van der Waals surface area (Å²) < 4.78 is 10.5. The highest BCUT2D eigenvalue weighted by Gasteiger charge is 2.09. The number of carbonyl (C=O) groups excluding carboxylic acids is 1. The van der Waals surface area contributed by atoms with Crippen LogP contribution in [0.1, 0.15) is 23.7 Å². The molecule has 0 saturated heterocycles. The molecule has 0 aliphatic carbocycles. The summed E-state index contributed by atoms with van der Waals surface area (Å²) in [6, 6.07) is 12.4. The summed E-state index contributed by atoms with van der Waals surface area (Å²) in [7, 11) is 1.50. The third-order valence-corrected chi connectivity index (χ3v) is 3.52. The molecule has 5 nitrogen and oxygen atoms in total. The van der Waals surface area contributed by atoms with Crippen LogP contribution in [0.25, 0.3) is 11.1 Å². The first-order chi connectivity index (χ1) is 11.7. The molecule has 2 aromatic rings. The number of amides is 1. The molecule has 2 rings (SSSR count). The van der Waals surface area contributed by atoms with Gasteiger partial charge >= 0.3 is 0 Å². The Morgan fingerprint density at radius 3 is 2.67 bits per heavy atom. The first-order valence-electron chi connectivity index (χ1n) is 7.99. The molecule has 2 aromatic carbocycles. The average Bonchev–Trinajstić information content (AvgIpc) is 2.62. The molecule has 128 valence electrons. The largest absolute Gasteiger partial charge is 0.504 e. The molecular weight excluding hydrogens is 306 g/mol. The predicted molar refractivity (Wildman–Crippen MR) is 93.5 cm³/mol. The van der Waals surface area contributed by atoms with Crippen molar-refractivity contribution in [1.29, 1.82) is 0 Å². The van der Waals surface area contributed by atoms with E-state index < -0.39 is 0 Å². The summed E-state index contributed by atoms with van der Waals surface area (Å²) in [5.74, 6) is 0.348. The van der Waals surface area contributed by atoms with E-state index in [0.29, 0.717) is 31.1 Å². The number of hydrogen-bond acceptors (Lipinski definition) is 4. The molecule has 0 aromatic heterocycles. The van der Waals surface area contributed by atoms with E-state index in [0.717, 1.165) is 17.5 Å². The van der Waals surface area contributed by atoms with Crippen molar-refractivity contribution in [3.05, 3.63) is 48.0 Å². The minimum absolute atomic E-state index is 0.0854. The van der Waals surface area contributed by atoms with Crippen molar-refractivity contribution in [2.24, 2.45) is 0 Å². The zero-order chi connectivity index (χ0) is 17.4. The van der Waals surface area contributed by atoms with Crippen LogP contribution in [-0.4, -0.2) is 37.9 Å². The van der Waals surface area contributed by atoms with Crippen LogP contribution in [0.2, 0.25) is 0 Å². The lowest BCUT2D eigenvalue weighted by molar-refractivity contribution is 0.0915. The van der Waals surface area contributed by atoms with Crippen LogP contribution in [0.4, 0.5) is 0 Å². The van der Waals surface area contributed by atoms with Crippen LogP contribution in [0.3, 0.4) is 0 Å². The van der Waals surface area contributed by atoms with E-state index in [4.69, 9.17) is 9.47 Å². The minimum Gasteiger partial charge on any atom is -0.504 e. The van der Waals surface area contributed by atoms with E-state index in [1.54, 1.807) is 24.3 Å². The highest BCUT2D eigenvalue weighted by molar-refractivity contribution is 5.95. The van der Waals surface area contributed by atoms with E-state index in [1.165, 1.54) is 7.11 Å². The monoisotopic (exact) mass is 329 g/mol. The lowest BCUT2D eigenvalue weighted by Crippen LogP contribution is -2.27. The summed E-state index contributed by atoms with van der Waals surface area (Å²) >= 11 is 0. The molecule has 2 N–H and O–H groups in total. The van der Waals surface area contributed by atoms with Crippen molar-refractivity contribution < 1.29 is 19.4 Å². The molecule has 0 spiro atoms. The third-order valence-electron chi connectivity index (χ3n) is 3.52. The number of ether oxygens (including phenoxy) is 2. The smallest absolute Gasteiger partial charge is 0.251 e. The fourth-order valence-electron chi connectivity index (χ4n) is 2.28. The van der Waals surface area contributed by atoms with Crippen molar-refractivity contribution in [3.63, 3.8) is 0 Å². The summed E-state index contributed by atoms with van der Waals surface area (Å²) in [5, 5.41) is 12.5. The van der Waals surface area contributed by atoms with Gasteiger partial charge in [-0.2, -0.15) is 0 Å². The van der Waals surface area contributed by atoms with Crippen LogP contribution in [0, 0.1) is 0 Å². The molecule has 0 atom stereocenters. The van der Waals surface area contributed by atoms with Crippen molar-refractivity contribution in [1.82, 2.24) is 5.32 Å². The Labute approximate surface area is 142 Å². The maximum Gasteiger partial charge on any atom is 0.251 e. The fraction of sp³-hybridized carbons (Fsp3) is 0.316. The number of carbonyl (C=O) groups is 1. The number of methoxy groups -OCH3 is 1. The van der Waals surface area contributed by atoms with Crippen LogP contribution < -0.4 is 10.1 Å². The summed E-state index contributed by atoms with van der Waals surface area (Å²) in [5.41, 5.74) is 2.32. The van der Waals surface area contributed by atoms with Gasteiger partial charge in [-0.25, -0.2) is 0 Å². The Morgan fingerprint density at radius 2 is 1.92 bits per heavy atom. The van der Waals surface area contributed by atoms with Crippen LogP contribution in [0.15, 0.2) is 42.5 Å². The summed E-state index contributed by atoms with van der Waals surface area (Å²) in [6.07, 6.45) is 0.964. The Morgan fingerprint density at radius 1 is 1.12 bits per heavy atom. The molecule has 5 heteroatoms. The van der Waals surface area contributed by atoms with Crippen molar-refractivity contribution >= 4 is 5.91 Å². The van der Waals surface area contributed by atoms with Gasteiger partial charge in [-0.15, -0.1) is 0 Å². The number of phenolic OH excluding ortho intramolecular Hbond substituents is 1. The summed E-state index contributed by atoms with van der Waals surface area (Å²) in [6.45, 7) is 3.74. The van der Waals surface area contributed by atoms with Gasteiger partial charge in [-0.1, -0.05) is 25.1 Å². The van der Waals surface area contributed by atoms with Gasteiger partial charge in [0, 0.05) is 18.7 Å². The maximum absolute atomic E-state index is 12.2. The van der Waals surface area contributed by atoms with Gasteiger partial charge in [-0.3, -0.25) is 4.79 Å². The number of hydrogen-bond donors (Lipinski definition) is 2. The zero-order valence-corrected chi connectivity index (χ0v) is 14.0. The van der Waals surface area contributed by atoms with Gasteiger partial charge in [0.2, 0.25) is 0 Å². The quantitative estimate of drug-likeness (QED) is 0.730. The van der Waals surface area contributed by atoms with Gasteiger partial charge in [0.15, 0.2) is 11.5 Å². The highest BCUT2D eigenvalue weighted by atomic mass is 16.5. The van der Waals surface area contributed by atoms with E-state index in [-0.39, 0.29) is 11.7 Å². The average molecular weight is 329 g/mol. The van der Waals surface area contributed by atoms with E-state index in [9.17, 15) is 9.90 Å². The zero-order valence-electron chi connectivity index (χ0n) is 14.0. The normalized spacial score (nSPS) is 10.4. The molecule has 0 bridgehead atoms.